The number of sulfonamides is 1. The molecule has 0 heterocycles. The van der Waals surface area contributed by atoms with Crippen molar-refractivity contribution < 1.29 is 18.0 Å². The van der Waals surface area contributed by atoms with E-state index in [1.54, 1.807) is 56.3 Å². The number of hydrogen-bond acceptors (Lipinski definition) is 4. The maximum Gasteiger partial charge on any atom is 0.264 e. The summed E-state index contributed by atoms with van der Waals surface area (Å²) in [5.74, 6) is -0.805. The van der Waals surface area contributed by atoms with Crippen LogP contribution in [0, 0.1) is 13.8 Å². The number of benzene rings is 3. The third-order valence-electron chi connectivity index (χ3n) is 7.69. The Balaban J connectivity index is 1.71. The Morgan fingerprint density at radius 3 is 2.26 bits per heavy atom. The summed E-state index contributed by atoms with van der Waals surface area (Å²) in [6, 6.07) is 17.6. The van der Waals surface area contributed by atoms with Crippen molar-refractivity contribution in [2.45, 2.75) is 76.4 Å². The predicted molar refractivity (Wildman–Crippen MR) is 168 cm³/mol. The Hall–Kier alpha value is -3.07. The molecule has 1 aliphatic carbocycles. The van der Waals surface area contributed by atoms with Gasteiger partial charge in [0.25, 0.3) is 10.0 Å². The second-order valence-corrected chi connectivity index (χ2v) is 13.7. The van der Waals surface area contributed by atoms with Gasteiger partial charge in [-0.2, -0.15) is 0 Å². The number of halogens is 2. The topological polar surface area (TPSA) is 86.8 Å². The molecule has 0 bridgehead atoms. The molecule has 4 rings (SSSR count). The SMILES string of the molecule is Cc1ccc(S(=O)(=O)N(CC(=O)N(Cc2cccc(Cl)c2)C(C)C(=O)NC2CCCCC2)c2cc(Cl)ccc2C)cc1. The van der Waals surface area contributed by atoms with Gasteiger partial charge in [-0.05, 0) is 81.1 Å². The number of rotatable bonds is 10. The Bertz CT molecular complexity index is 1520. The number of anilines is 1. The molecule has 0 spiro atoms. The summed E-state index contributed by atoms with van der Waals surface area (Å²) < 4.78 is 29.2. The highest BCUT2D eigenvalue weighted by Gasteiger charge is 2.34. The number of hydrogen-bond donors (Lipinski definition) is 1. The highest BCUT2D eigenvalue weighted by Crippen LogP contribution is 2.30. The summed E-state index contributed by atoms with van der Waals surface area (Å²) in [6.45, 7) is 4.85. The fourth-order valence-electron chi connectivity index (χ4n) is 5.19. The standard InChI is InChI=1S/C32H37Cl2N3O4S/c1-22-12-16-29(17-13-22)42(40,41)37(30-19-27(34)15-14-23(30)2)21-31(38)36(20-25-8-7-9-26(33)18-25)24(3)32(39)35-28-10-5-4-6-11-28/h7-9,12-19,24,28H,4-6,10-11,20-21H2,1-3H3,(H,35,39). The molecular formula is C32H37Cl2N3O4S. The molecule has 0 saturated heterocycles. The van der Waals surface area contributed by atoms with E-state index in [0.717, 1.165) is 47.5 Å². The van der Waals surface area contributed by atoms with Gasteiger partial charge in [-0.25, -0.2) is 8.42 Å². The van der Waals surface area contributed by atoms with Gasteiger partial charge < -0.3 is 10.2 Å². The third kappa shape index (κ3) is 7.85. The van der Waals surface area contributed by atoms with Crippen LogP contribution in [0.25, 0.3) is 0 Å². The molecule has 1 saturated carbocycles. The van der Waals surface area contributed by atoms with Crippen molar-refractivity contribution in [2.24, 2.45) is 0 Å². The van der Waals surface area contributed by atoms with Gasteiger partial charge in [0, 0.05) is 22.6 Å². The molecule has 10 heteroatoms. The van der Waals surface area contributed by atoms with Gasteiger partial charge in [-0.15, -0.1) is 0 Å². The summed E-state index contributed by atoms with van der Waals surface area (Å²) >= 11 is 12.5. The maximum absolute atomic E-state index is 14.2. The Labute approximate surface area is 258 Å². The first-order valence-corrected chi connectivity index (χ1v) is 16.3. The third-order valence-corrected chi connectivity index (χ3v) is 9.93. The van der Waals surface area contributed by atoms with Crippen molar-refractivity contribution in [3.05, 3.63) is 93.5 Å². The van der Waals surface area contributed by atoms with E-state index < -0.39 is 28.5 Å². The Kier molecular flexibility index (Phi) is 10.6. The molecule has 3 aromatic rings. The van der Waals surface area contributed by atoms with E-state index in [0.29, 0.717) is 21.3 Å². The lowest BCUT2D eigenvalue weighted by atomic mass is 9.95. The van der Waals surface area contributed by atoms with Gasteiger partial charge in [0.2, 0.25) is 11.8 Å². The van der Waals surface area contributed by atoms with Crippen LogP contribution < -0.4 is 9.62 Å². The van der Waals surface area contributed by atoms with E-state index in [9.17, 15) is 18.0 Å². The zero-order valence-electron chi connectivity index (χ0n) is 24.1. The first-order valence-electron chi connectivity index (χ1n) is 14.2. The maximum atomic E-state index is 14.2. The highest BCUT2D eigenvalue weighted by atomic mass is 35.5. The molecule has 42 heavy (non-hydrogen) atoms. The summed E-state index contributed by atoms with van der Waals surface area (Å²) in [5.41, 5.74) is 2.55. The number of nitrogens with one attached hydrogen (secondary N) is 1. The minimum Gasteiger partial charge on any atom is -0.352 e. The number of nitrogens with zero attached hydrogens (tertiary/aromatic N) is 2. The van der Waals surface area contributed by atoms with E-state index in [2.05, 4.69) is 5.32 Å². The van der Waals surface area contributed by atoms with Crippen LogP contribution in [0.3, 0.4) is 0 Å². The second-order valence-electron chi connectivity index (χ2n) is 10.9. The van der Waals surface area contributed by atoms with Crippen LogP contribution >= 0.6 is 23.2 Å². The van der Waals surface area contributed by atoms with E-state index >= 15 is 0 Å². The minimum absolute atomic E-state index is 0.0461. The molecule has 0 aliphatic heterocycles. The molecule has 2 amide bonds. The van der Waals surface area contributed by atoms with Crippen LogP contribution in [0.2, 0.25) is 10.0 Å². The average molecular weight is 631 g/mol. The van der Waals surface area contributed by atoms with E-state index in [4.69, 9.17) is 23.2 Å². The highest BCUT2D eigenvalue weighted by molar-refractivity contribution is 7.92. The monoisotopic (exact) mass is 629 g/mol. The van der Waals surface area contributed by atoms with Gasteiger partial charge >= 0.3 is 0 Å². The average Bonchev–Trinajstić information content (AvgIpc) is 2.96. The van der Waals surface area contributed by atoms with Crippen molar-refractivity contribution in [2.75, 3.05) is 10.8 Å². The molecule has 7 nitrogen and oxygen atoms in total. The van der Waals surface area contributed by atoms with Crippen molar-refractivity contribution in [3.63, 3.8) is 0 Å². The molecular weight excluding hydrogens is 593 g/mol. The van der Waals surface area contributed by atoms with Gasteiger partial charge in [-0.3, -0.25) is 13.9 Å². The van der Waals surface area contributed by atoms with Crippen LogP contribution in [-0.4, -0.2) is 43.8 Å². The van der Waals surface area contributed by atoms with E-state index in [1.165, 1.54) is 23.1 Å². The molecule has 1 N–H and O–H groups in total. The number of carbonyl (C=O) groups excluding carboxylic acids is 2. The summed E-state index contributed by atoms with van der Waals surface area (Å²) in [5, 5.41) is 3.94. The lowest BCUT2D eigenvalue weighted by Gasteiger charge is -2.33. The summed E-state index contributed by atoms with van der Waals surface area (Å²) in [6.07, 6.45) is 5.05. The first-order chi connectivity index (χ1) is 20.0. The van der Waals surface area contributed by atoms with Gasteiger partial charge in [0.05, 0.1) is 10.6 Å². The zero-order chi connectivity index (χ0) is 30.4. The normalized spacial score (nSPS) is 14.7. The molecule has 1 atom stereocenters. The number of aryl methyl sites for hydroxylation is 2. The van der Waals surface area contributed by atoms with Crippen molar-refractivity contribution in [1.29, 1.82) is 0 Å². The second kappa shape index (κ2) is 13.9. The van der Waals surface area contributed by atoms with E-state index in [1.807, 2.05) is 13.0 Å². The van der Waals surface area contributed by atoms with Crippen LogP contribution in [0.15, 0.2) is 71.6 Å². The molecule has 1 fully saturated rings. The smallest absolute Gasteiger partial charge is 0.264 e. The van der Waals surface area contributed by atoms with Crippen molar-refractivity contribution in [3.8, 4) is 0 Å². The number of carbonyl (C=O) groups is 2. The van der Waals surface area contributed by atoms with Crippen LogP contribution in [0.5, 0.6) is 0 Å². The van der Waals surface area contributed by atoms with Crippen LogP contribution in [0.1, 0.15) is 55.7 Å². The molecule has 1 aliphatic rings. The van der Waals surface area contributed by atoms with E-state index in [-0.39, 0.29) is 23.4 Å². The lowest BCUT2D eigenvalue weighted by Crippen LogP contribution is -2.53. The fraction of sp³-hybridized carbons (Fsp3) is 0.375. The van der Waals surface area contributed by atoms with Gasteiger partial charge in [-0.1, -0.05) is 78.4 Å². The Morgan fingerprint density at radius 2 is 1.60 bits per heavy atom. The van der Waals surface area contributed by atoms with Crippen molar-refractivity contribution in [1.82, 2.24) is 10.2 Å². The molecule has 3 aromatic carbocycles. The predicted octanol–water partition coefficient (Wildman–Crippen LogP) is 6.67. The molecule has 1 unspecified atom stereocenters. The summed E-state index contributed by atoms with van der Waals surface area (Å²) in [7, 11) is -4.18. The number of amides is 2. The van der Waals surface area contributed by atoms with Gasteiger partial charge in [0.1, 0.15) is 12.6 Å². The minimum atomic E-state index is -4.18. The van der Waals surface area contributed by atoms with Crippen molar-refractivity contribution >= 4 is 50.7 Å². The molecule has 0 radical (unpaired) electrons. The quantitative estimate of drug-likeness (QED) is 0.271. The van der Waals surface area contributed by atoms with Crippen LogP contribution in [0.4, 0.5) is 5.69 Å². The molecule has 224 valence electrons. The van der Waals surface area contributed by atoms with Gasteiger partial charge in [0.15, 0.2) is 0 Å². The first kappa shape index (κ1) is 31.9. The molecule has 0 aromatic heterocycles. The Morgan fingerprint density at radius 1 is 0.929 bits per heavy atom. The zero-order valence-corrected chi connectivity index (χ0v) is 26.5. The largest absolute Gasteiger partial charge is 0.352 e. The summed E-state index contributed by atoms with van der Waals surface area (Å²) in [4.78, 5) is 29.1. The lowest BCUT2D eigenvalue weighted by molar-refractivity contribution is -0.139. The fourth-order valence-corrected chi connectivity index (χ4v) is 7.04. The van der Waals surface area contributed by atoms with Crippen LogP contribution in [-0.2, 0) is 26.2 Å².